The fourth-order valence-electron chi connectivity index (χ4n) is 5.58. The Morgan fingerprint density at radius 3 is 2.50 bits per heavy atom. The van der Waals surface area contributed by atoms with E-state index in [4.69, 9.17) is 4.74 Å². The minimum absolute atomic E-state index is 0.0982. The first-order valence-corrected chi connectivity index (χ1v) is 11.2. The maximum Gasteiger partial charge on any atom is 0.309 e. The van der Waals surface area contributed by atoms with Gasteiger partial charge in [0, 0.05) is 35.9 Å². The summed E-state index contributed by atoms with van der Waals surface area (Å²) in [5.74, 6) is -0.476. The van der Waals surface area contributed by atoms with E-state index < -0.39 is 11.4 Å². The largest absolute Gasteiger partial charge is 0.508 e. The monoisotopic (exact) mass is 437 g/mol. The quantitative estimate of drug-likeness (QED) is 0.554. The number of carboxylic acid groups (broad SMARTS) is 1. The average Bonchev–Trinajstić information content (AvgIpc) is 3.07. The van der Waals surface area contributed by atoms with E-state index in [1.165, 1.54) is 6.07 Å². The molecule has 0 bridgehead atoms. The van der Waals surface area contributed by atoms with Gasteiger partial charge in [0.15, 0.2) is 0 Å². The molecule has 0 radical (unpaired) electrons. The van der Waals surface area contributed by atoms with E-state index in [1.54, 1.807) is 32.0 Å². The van der Waals surface area contributed by atoms with Crippen LogP contribution in [0.4, 0.5) is 4.39 Å². The van der Waals surface area contributed by atoms with Gasteiger partial charge in [-0.2, -0.15) is 0 Å². The number of hydrogen-bond acceptors (Lipinski definition) is 3. The summed E-state index contributed by atoms with van der Waals surface area (Å²) in [5, 5.41) is 20.9. The van der Waals surface area contributed by atoms with Crippen molar-refractivity contribution in [3.05, 3.63) is 59.0 Å². The number of benzene rings is 2. The lowest BCUT2D eigenvalue weighted by atomic mass is 9.60. The van der Waals surface area contributed by atoms with Crippen LogP contribution in [0.15, 0.2) is 36.4 Å². The van der Waals surface area contributed by atoms with Gasteiger partial charge in [-0.1, -0.05) is 0 Å². The maximum absolute atomic E-state index is 14.1. The molecule has 32 heavy (non-hydrogen) atoms. The zero-order valence-corrected chi connectivity index (χ0v) is 18.4. The molecule has 1 saturated carbocycles. The van der Waals surface area contributed by atoms with Gasteiger partial charge in [-0.25, -0.2) is 4.39 Å². The summed E-state index contributed by atoms with van der Waals surface area (Å²) in [7, 11) is 0. The van der Waals surface area contributed by atoms with Crippen molar-refractivity contribution >= 4 is 16.9 Å². The molecule has 2 aliphatic rings. The van der Waals surface area contributed by atoms with Crippen molar-refractivity contribution in [2.75, 3.05) is 13.2 Å². The molecule has 5 rings (SSSR count). The molecule has 2 heterocycles. The highest BCUT2D eigenvalue weighted by atomic mass is 19.1. The second kappa shape index (κ2) is 7.62. The van der Waals surface area contributed by atoms with E-state index in [-0.39, 0.29) is 23.4 Å². The minimum Gasteiger partial charge on any atom is -0.508 e. The van der Waals surface area contributed by atoms with E-state index >= 15 is 0 Å². The molecule has 1 aromatic heterocycles. The summed E-state index contributed by atoms with van der Waals surface area (Å²) >= 11 is 0. The van der Waals surface area contributed by atoms with Crippen molar-refractivity contribution in [1.82, 2.24) is 4.57 Å². The molecule has 1 aliphatic heterocycles. The van der Waals surface area contributed by atoms with Gasteiger partial charge >= 0.3 is 5.97 Å². The lowest BCUT2D eigenvalue weighted by molar-refractivity contribution is -0.154. The molecule has 0 amide bonds. The molecule has 2 N–H and O–H groups in total. The minimum atomic E-state index is -0.762. The first-order chi connectivity index (χ1) is 15.3. The predicted octanol–water partition coefficient (Wildman–Crippen LogP) is 5.65. The van der Waals surface area contributed by atoms with Crippen LogP contribution in [0.3, 0.4) is 0 Å². The molecule has 6 heteroatoms. The molecule has 2 aromatic carbocycles. The Labute approximate surface area is 186 Å². The second-order valence-corrected chi connectivity index (χ2v) is 9.63. The zero-order chi connectivity index (χ0) is 22.6. The Hall–Kier alpha value is -2.86. The number of hydrogen-bond donors (Lipinski definition) is 2. The van der Waals surface area contributed by atoms with E-state index in [9.17, 15) is 19.4 Å². The summed E-state index contributed by atoms with van der Waals surface area (Å²) in [6.45, 7) is 4.92. The van der Waals surface area contributed by atoms with E-state index in [2.05, 4.69) is 4.57 Å². The van der Waals surface area contributed by atoms with Crippen LogP contribution >= 0.6 is 0 Å². The highest BCUT2D eigenvalue weighted by molar-refractivity contribution is 5.90. The SMILES string of the molecule is Cc1cc(-n2c(C3CCOCC3)c(C3CC(C)(C(=O)O)C3)c3cc(O)ccc32)ccc1F. The van der Waals surface area contributed by atoms with E-state index in [1.807, 2.05) is 12.1 Å². The topological polar surface area (TPSA) is 71.7 Å². The number of nitrogens with zero attached hydrogens (tertiary/aromatic N) is 1. The molecule has 1 saturated heterocycles. The summed E-state index contributed by atoms with van der Waals surface area (Å²) in [5.41, 5.74) is 3.96. The number of fused-ring (bicyclic) bond motifs is 1. The summed E-state index contributed by atoms with van der Waals surface area (Å²) in [6, 6.07) is 10.5. The van der Waals surface area contributed by atoms with Crippen LogP contribution in [-0.2, 0) is 9.53 Å². The summed E-state index contributed by atoms with van der Waals surface area (Å²) < 4.78 is 21.9. The van der Waals surface area contributed by atoms with Crippen molar-refractivity contribution in [1.29, 1.82) is 0 Å². The molecule has 0 atom stereocenters. The summed E-state index contributed by atoms with van der Waals surface area (Å²) in [4.78, 5) is 11.8. The smallest absolute Gasteiger partial charge is 0.309 e. The van der Waals surface area contributed by atoms with Gasteiger partial charge in [-0.3, -0.25) is 4.79 Å². The third-order valence-corrected chi connectivity index (χ3v) is 7.35. The maximum atomic E-state index is 14.1. The normalized spacial score (nSPS) is 23.9. The molecule has 2 fully saturated rings. The third-order valence-electron chi connectivity index (χ3n) is 7.35. The number of phenols is 1. The van der Waals surface area contributed by atoms with Gasteiger partial charge in [0.2, 0.25) is 0 Å². The summed E-state index contributed by atoms with van der Waals surface area (Å²) in [6.07, 6.45) is 2.88. The number of carboxylic acids is 1. The van der Waals surface area contributed by atoms with Crippen LogP contribution in [0, 0.1) is 18.2 Å². The van der Waals surface area contributed by atoms with Crippen LogP contribution in [-0.4, -0.2) is 34.0 Å². The van der Waals surface area contributed by atoms with Gasteiger partial charge in [0.1, 0.15) is 11.6 Å². The fraction of sp³-hybridized carbons (Fsp3) is 0.423. The van der Waals surface area contributed by atoms with Gasteiger partial charge in [-0.15, -0.1) is 0 Å². The number of ether oxygens (including phenoxy) is 1. The second-order valence-electron chi connectivity index (χ2n) is 9.63. The number of halogens is 1. The number of carbonyl (C=O) groups is 1. The molecule has 0 unspecified atom stereocenters. The Bertz CT molecular complexity index is 1200. The van der Waals surface area contributed by atoms with E-state index in [0.29, 0.717) is 31.6 Å². The van der Waals surface area contributed by atoms with Crippen molar-refractivity contribution in [2.24, 2.45) is 5.41 Å². The van der Waals surface area contributed by atoms with Crippen molar-refractivity contribution in [3.63, 3.8) is 0 Å². The lowest BCUT2D eigenvalue weighted by Gasteiger charge is -2.43. The molecular formula is C26H28FNO4. The number of aromatic nitrogens is 1. The van der Waals surface area contributed by atoms with Crippen molar-refractivity contribution < 1.29 is 24.1 Å². The number of aryl methyl sites for hydroxylation is 1. The molecular weight excluding hydrogens is 409 g/mol. The number of phenolic OH excluding ortho intramolecular Hbond substituents is 1. The van der Waals surface area contributed by atoms with Gasteiger partial charge < -0.3 is 19.5 Å². The number of aromatic hydroxyl groups is 1. The molecule has 168 valence electrons. The van der Waals surface area contributed by atoms with Gasteiger partial charge in [-0.05, 0) is 93.0 Å². The molecule has 1 aliphatic carbocycles. The molecule has 0 spiro atoms. The van der Waals surface area contributed by atoms with Crippen LogP contribution in [0.5, 0.6) is 5.75 Å². The van der Waals surface area contributed by atoms with Crippen molar-refractivity contribution in [2.45, 2.75) is 51.4 Å². The highest BCUT2D eigenvalue weighted by Gasteiger charge is 2.49. The highest BCUT2D eigenvalue weighted by Crippen LogP contribution is 2.55. The first kappa shape index (κ1) is 21.0. The lowest BCUT2D eigenvalue weighted by Crippen LogP contribution is -2.40. The standard InChI is InChI=1S/C26H28FNO4/c1-15-11-18(3-5-21(15)27)28-22-6-4-19(29)12-20(22)23(17-13-26(2,14-17)25(30)31)24(28)16-7-9-32-10-8-16/h3-6,11-12,16-17,29H,7-10,13-14H2,1-2H3,(H,30,31). The fourth-order valence-corrected chi connectivity index (χ4v) is 5.58. The number of aliphatic carboxylic acids is 1. The Kier molecular flexibility index (Phi) is 5.01. The zero-order valence-electron chi connectivity index (χ0n) is 18.4. The predicted molar refractivity (Wildman–Crippen MR) is 120 cm³/mol. The first-order valence-electron chi connectivity index (χ1n) is 11.2. The van der Waals surface area contributed by atoms with Gasteiger partial charge in [0.05, 0.1) is 10.9 Å². The number of rotatable bonds is 4. The average molecular weight is 438 g/mol. The Balaban J connectivity index is 1.76. The van der Waals surface area contributed by atoms with E-state index in [0.717, 1.165) is 40.7 Å². The van der Waals surface area contributed by atoms with Crippen LogP contribution in [0.25, 0.3) is 16.6 Å². The Morgan fingerprint density at radius 1 is 1.12 bits per heavy atom. The Morgan fingerprint density at radius 2 is 1.84 bits per heavy atom. The van der Waals surface area contributed by atoms with Gasteiger partial charge in [0.25, 0.3) is 0 Å². The van der Waals surface area contributed by atoms with Crippen LogP contribution in [0.1, 0.15) is 61.3 Å². The third kappa shape index (κ3) is 3.28. The van der Waals surface area contributed by atoms with Crippen molar-refractivity contribution in [3.8, 4) is 11.4 Å². The molecule has 5 nitrogen and oxygen atoms in total. The van der Waals surface area contributed by atoms with Crippen LogP contribution in [0.2, 0.25) is 0 Å². The van der Waals surface area contributed by atoms with Crippen LogP contribution < -0.4 is 0 Å². The molecule has 3 aromatic rings.